The molecule has 1 fully saturated rings. The molecule has 18 heavy (non-hydrogen) atoms. The molecule has 1 saturated heterocycles. The molecule has 1 heterocycles. The number of rotatable bonds is 4. The molecule has 0 spiro atoms. The van der Waals surface area contributed by atoms with Crippen LogP contribution in [-0.2, 0) is 9.84 Å². The number of urea groups is 1. The van der Waals surface area contributed by atoms with Crippen LogP contribution in [0.5, 0.6) is 0 Å². The van der Waals surface area contributed by atoms with E-state index in [0.29, 0.717) is 6.42 Å². The van der Waals surface area contributed by atoms with E-state index in [1.54, 1.807) is 0 Å². The Kier molecular flexibility index (Phi) is 4.64. The zero-order valence-corrected chi connectivity index (χ0v) is 12.5. The number of amides is 2. The summed E-state index contributed by atoms with van der Waals surface area (Å²) < 4.78 is 22.1. The Morgan fingerprint density at radius 2 is 2.06 bits per heavy atom. The van der Waals surface area contributed by atoms with Gasteiger partial charge in [-0.2, -0.15) is 0 Å². The van der Waals surface area contributed by atoms with Crippen molar-refractivity contribution in [2.75, 3.05) is 18.6 Å². The number of nitrogens with zero attached hydrogens (tertiary/aromatic N) is 1. The molecule has 0 aromatic carbocycles. The first kappa shape index (κ1) is 15.3. The molecule has 1 rings (SSSR count). The molecule has 6 heteroatoms. The molecule has 1 atom stereocenters. The zero-order chi connectivity index (χ0) is 14.0. The van der Waals surface area contributed by atoms with Crippen molar-refractivity contribution in [3.8, 4) is 0 Å². The van der Waals surface area contributed by atoms with E-state index in [9.17, 15) is 13.2 Å². The van der Waals surface area contributed by atoms with Crippen LogP contribution < -0.4 is 5.32 Å². The maximum atomic E-state index is 12.1. The van der Waals surface area contributed by atoms with Crippen LogP contribution in [0.15, 0.2) is 0 Å². The minimum atomic E-state index is -2.96. The monoisotopic (exact) mass is 276 g/mol. The first-order valence-corrected chi connectivity index (χ1v) is 8.44. The highest BCUT2D eigenvalue weighted by Crippen LogP contribution is 2.27. The lowest BCUT2D eigenvalue weighted by Gasteiger charge is -2.32. The highest BCUT2D eigenvalue weighted by atomic mass is 32.2. The topological polar surface area (TPSA) is 66.5 Å². The highest BCUT2D eigenvalue weighted by molar-refractivity contribution is 7.90. The average molecular weight is 276 g/mol. The fourth-order valence-electron chi connectivity index (χ4n) is 2.24. The summed E-state index contributed by atoms with van der Waals surface area (Å²) in [5.41, 5.74) is -0.0966. The van der Waals surface area contributed by atoms with Gasteiger partial charge in [-0.25, -0.2) is 13.2 Å². The predicted octanol–water partition coefficient (Wildman–Crippen LogP) is 1.39. The van der Waals surface area contributed by atoms with Gasteiger partial charge in [-0.15, -0.1) is 0 Å². The molecular weight excluding hydrogens is 252 g/mol. The Balaban J connectivity index is 2.45. The second-order valence-corrected chi connectivity index (χ2v) is 8.10. The Morgan fingerprint density at radius 1 is 1.44 bits per heavy atom. The fourth-order valence-corrected chi connectivity index (χ4v) is 3.02. The van der Waals surface area contributed by atoms with Crippen molar-refractivity contribution in [2.24, 2.45) is 0 Å². The molecule has 0 unspecified atom stereocenters. The molecule has 0 aromatic heterocycles. The van der Waals surface area contributed by atoms with Crippen LogP contribution in [0, 0.1) is 0 Å². The average Bonchev–Trinajstić information content (AvgIpc) is 2.54. The fraction of sp³-hybridized carbons (Fsp3) is 0.917. The molecule has 0 radical (unpaired) electrons. The second-order valence-electron chi connectivity index (χ2n) is 5.84. The van der Waals surface area contributed by atoms with Crippen LogP contribution in [0.1, 0.15) is 40.0 Å². The van der Waals surface area contributed by atoms with E-state index in [1.165, 1.54) is 6.26 Å². The maximum absolute atomic E-state index is 12.1. The summed E-state index contributed by atoms with van der Waals surface area (Å²) >= 11 is 0. The zero-order valence-electron chi connectivity index (χ0n) is 11.7. The van der Waals surface area contributed by atoms with E-state index in [4.69, 9.17) is 0 Å². The summed E-state index contributed by atoms with van der Waals surface area (Å²) in [6, 6.07) is -0.206. The first-order chi connectivity index (χ1) is 8.12. The summed E-state index contributed by atoms with van der Waals surface area (Å²) in [6.07, 6.45) is 3.71. The molecule has 0 saturated carbocycles. The first-order valence-electron chi connectivity index (χ1n) is 6.38. The lowest BCUT2D eigenvalue weighted by molar-refractivity contribution is 0.162. The van der Waals surface area contributed by atoms with E-state index in [1.807, 2.05) is 11.8 Å². The number of sulfone groups is 1. The molecule has 0 aromatic rings. The van der Waals surface area contributed by atoms with Gasteiger partial charge in [0.15, 0.2) is 0 Å². The summed E-state index contributed by atoms with van der Waals surface area (Å²) in [4.78, 5) is 13.9. The summed E-state index contributed by atoms with van der Waals surface area (Å²) in [5.74, 6) is 0.109. The number of carbonyl (C=O) groups is 1. The number of hydrogen-bond acceptors (Lipinski definition) is 3. The van der Waals surface area contributed by atoms with E-state index in [0.717, 1.165) is 19.4 Å². The van der Waals surface area contributed by atoms with E-state index in [-0.39, 0.29) is 23.4 Å². The Labute approximate surface area is 110 Å². The van der Waals surface area contributed by atoms with Crippen LogP contribution in [0.4, 0.5) is 4.79 Å². The van der Waals surface area contributed by atoms with Gasteiger partial charge >= 0.3 is 6.03 Å². The van der Waals surface area contributed by atoms with Crippen molar-refractivity contribution >= 4 is 15.9 Å². The van der Waals surface area contributed by atoms with Gasteiger partial charge in [0.25, 0.3) is 0 Å². The van der Waals surface area contributed by atoms with Gasteiger partial charge in [-0.3, -0.25) is 0 Å². The minimum absolute atomic E-state index is 0.0847. The molecule has 5 nitrogen and oxygen atoms in total. The highest BCUT2D eigenvalue weighted by Gasteiger charge is 2.35. The number of likely N-dealkylation sites (tertiary alicyclic amines) is 1. The van der Waals surface area contributed by atoms with Crippen LogP contribution in [0.2, 0.25) is 0 Å². The molecule has 1 aliphatic rings. The van der Waals surface area contributed by atoms with Gasteiger partial charge in [0.1, 0.15) is 9.84 Å². The van der Waals surface area contributed by atoms with Crippen molar-refractivity contribution in [2.45, 2.75) is 51.6 Å². The van der Waals surface area contributed by atoms with E-state index in [2.05, 4.69) is 19.2 Å². The lowest BCUT2D eigenvalue weighted by Crippen LogP contribution is -2.50. The third kappa shape index (κ3) is 4.48. The van der Waals surface area contributed by atoms with Crippen LogP contribution in [-0.4, -0.2) is 49.5 Å². The SMILES string of the molecule is C[C@@H](CCS(C)(=O)=O)NC(=O)N1CCCC1(C)C. The van der Waals surface area contributed by atoms with Crippen LogP contribution in [0.25, 0.3) is 0 Å². The van der Waals surface area contributed by atoms with Crippen LogP contribution in [0.3, 0.4) is 0 Å². The molecule has 1 N–H and O–H groups in total. The van der Waals surface area contributed by atoms with Gasteiger partial charge in [0.05, 0.1) is 5.75 Å². The number of hydrogen-bond donors (Lipinski definition) is 1. The largest absolute Gasteiger partial charge is 0.335 e. The third-order valence-corrected chi connectivity index (χ3v) is 4.41. The molecular formula is C12H24N2O3S. The molecule has 1 aliphatic heterocycles. The number of carbonyl (C=O) groups excluding carboxylic acids is 1. The molecule has 2 amide bonds. The summed E-state index contributed by atoms with van der Waals surface area (Å²) in [6.45, 7) is 6.73. The van der Waals surface area contributed by atoms with Gasteiger partial charge in [0, 0.05) is 24.4 Å². The molecule has 0 aliphatic carbocycles. The Bertz CT molecular complexity index is 404. The van der Waals surface area contributed by atoms with Crippen molar-refractivity contribution in [3.05, 3.63) is 0 Å². The quantitative estimate of drug-likeness (QED) is 0.844. The van der Waals surface area contributed by atoms with Crippen molar-refractivity contribution in [1.29, 1.82) is 0 Å². The smallest absolute Gasteiger partial charge is 0.318 e. The van der Waals surface area contributed by atoms with Gasteiger partial charge < -0.3 is 10.2 Å². The van der Waals surface area contributed by atoms with E-state index < -0.39 is 9.84 Å². The van der Waals surface area contributed by atoms with Gasteiger partial charge in [-0.1, -0.05) is 0 Å². The van der Waals surface area contributed by atoms with Crippen molar-refractivity contribution < 1.29 is 13.2 Å². The lowest BCUT2D eigenvalue weighted by atomic mass is 10.0. The predicted molar refractivity (Wildman–Crippen MR) is 72.3 cm³/mol. The summed E-state index contributed by atoms with van der Waals surface area (Å²) in [5, 5.41) is 2.87. The normalized spacial score (nSPS) is 20.8. The van der Waals surface area contributed by atoms with Crippen LogP contribution >= 0.6 is 0 Å². The standard InChI is InChI=1S/C12H24N2O3S/c1-10(6-9-18(4,16)17)13-11(15)14-8-5-7-12(14,2)3/h10H,5-9H2,1-4H3,(H,13,15)/t10-/m0/s1. The molecule has 106 valence electrons. The Hall–Kier alpha value is -0.780. The van der Waals surface area contributed by atoms with Crippen molar-refractivity contribution in [1.82, 2.24) is 10.2 Å². The summed E-state index contributed by atoms with van der Waals surface area (Å²) in [7, 11) is -2.96. The second kappa shape index (κ2) is 5.47. The Morgan fingerprint density at radius 3 is 2.50 bits per heavy atom. The molecule has 0 bridgehead atoms. The van der Waals surface area contributed by atoms with Gasteiger partial charge in [-0.05, 0) is 40.0 Å². The minimum Gasteiger partial charge on any atom is -0.335 e. The van der Waals surface area contributed by atoms with Gasteiger partial charge in [0.2, 0.25) is 0 Å². The van der Waals surface area contributed by atoms with Crippen molar-refractivity contribution in [3.63, 3.8) is 0 Å². The third-order valence-electron chi connectivity index (χ3n) is 3.44. The maximum Gasteiger partial charge on any atom is 0.318 e. The number of nitrogens with one attached hydrogen (secondary N) is 1. The van der Waals surface area contributed by atoms with E-state index >= 15 is 0 Å².